The van der Waals surface area contributed by atoms with Crippen LogP contribution in [0.2, 0.25) is 0 Å². The predicted molar refractivity (Wildman–Crippen MR) is 92.7 cm³/mol. The first kappa shape index (κ1) is 14.3. The molecule has 2 amide bonds. The Kier molecular flexibility index (Phi) is 3.19. The maximum atomic E-state index is 12.9. The second-order valence-corrected chi connectivity index (χ2v) is 6.93. The van der Waals surface area contributed by atoms with Gasteiger partial charge in [-0.25, -0.2) is 4.79 Å². The van der Waals surface area contributed by atoms with Crippen LogP contribution in [0.4, 0.5) is 10.5 Å². The van der Waals surface area contributed by atoms with E-state index < -0.39 is 0 Å². The van der Waals surface area contributed by atoms with Gasteiger partial charge in [-0.05, 0) is 50.3 Å². The van der Waals surface area contributed by atoms with Crippen LogP contribution in [0.1, 0.15) is 36.5 Å². The van der Waals surface area contributed by atoms with Crippen molar-refractivity contribution >= 4 is 11.7 Å². The Morgan fingerprint density at radius 3 is 2.52 bits per heavy atom. The minimum absolute atomic E-state index is 0.0283. The predicted octanol–water partition coefficient (Wildman–Crippen LogP) is 4.14. The number of carbonyl (C=O) groups excluding carboxylic acids is 1. The molecular weight excluding hydrogens is 284 g/mol. The molecule has 2 aliphatic rings. The molecule has 2 aromatic carbocycles. The van der Waals surface area contributed by atoms with Crippen molar-refractivity contribution in [2.24, 2.45) is 0 Å². The van der Waals surface area contributed by atoms with E-state index in [0.717, 1.165) is 24.9 Å². The first-order valence-electron chi connectivity index (χ1n) is 8.35. The second-order valence-electron chi connectivity index (χ2n) is 6.93. The number of para-hydroxylation sites is 1. The third kappa shape index (κ3) is 2.40. The van der Waals surface area contributed by atoms with Gasteiger partial charge in [0.25, 0.3) is 0 Å². The average molecular weight is 306 g/mol. The lowest BCUT2D eigenvalue weighted by molar-refractivity contribution is 0.240. The van der Waals surface area contributed by atoms with Crippen LogP contribution in [0.5, 0.6) is 0 Å². The van der Waals surface area contributed by atoms with Crippen LogP contribution in [0.15, 0.2) is 48.5 Å². The Morgan fingerprint density at radius 1 is 1.13 bits per heavy atom. The van der Waals surface area contributed by atoms with Gasteiger partial charge in [-0.15, -0.1) is 0 Å². The van der Waals surface area contributed by atoms with E-state index in [9.17, 15) is 4.79 Å². The minimum Gasteiger partial charge on any atom is -0.328 e. The molecule has 0 saturated heterocycles. The average Bonchev–Trinajstić information content (AvgIpc) is 3.22. The molecule has 2 aromatic rings. The molecular formula is C20H22N2O. The van der Waals surface area contributed by atoms with E-state index in [1.54, 1.807) is 0 Å². The largest absolute Gasteiger partial charge is 0.328 e. The maximum absolute atomic E-state index is 12.9. The quantitative estimate of drug-likeness (QED) is 0.888. The molecule has 118 valence electrons. The lowest BCUT2D eigenvalue weighted by atomic mass is 10.0. The van der Waals surface area contributed by atoms with Crippen LogP contribution in [0.3, 0.4) is 0 Å². The summed E-state index contributed by atoms with van der Waals surface area (Å²) in [5.74, 6) is 0. The summed E-state index contributed by atoms with van der Waals surface area (Å²) in [6.07, 6.45) is 2.97. The molecule has 23 heavy (non-hydrogen) atoms. The van der Waals surface area contributed by atoms with Gasteiger partial charge in [-0.2, -0.15) is 0 Å². The lowest BCUT2D eigenvalue weighted by Gasteiger charge is -2.27. The van der Waals surface area contributed by atoms with Gasteiger partial charge in [0.1, 0.15) is 0 Å². The summed E-state index contributed by atoms with van der Waals surface area (Å²) in [6, 6.07) is 17.0. The number of nitrogens with zero attached hydrogens (tertiary/aromatic N) is 1. The number of hydrogen-bond acceptors (Lipinski definition) is 1. The van der Waals surface area contributed by atoms with Gasteiger partial charge in [-0.3, -0.25) is 4.90 Å². The van der Waals surface area contributed by atoms with Crippen LogP contribution in [-0.2, 0) is 12.0 Å². The lowest BCUT2D eigenvalue weighted by Crippen LogP contribution is -2.47. The number of nitrogens with one attached hydrogen (secondary N) is 1. The van der Waals surface area contributed by atoms with Crippen LogP contribution < -0.4 is 10.2 Å². The number of urea groups is 1. The molecule has 1 unspecified atom stereocenters. The van der Waals surface area contributed by atoms with Gasteiger partial charge in [0.05, 0.1) is 5.54 Å². The number of carbonyl (C=O) groups is 1. The van der Waals surface area contributed by atoms with E-state index >= 15 is 0 Å². The standard InChI is InChI=1S/C20H22N2O/c1-14-7-9-17(10-8-14)20(11-12-20)21-19(23)22-15(2)13-16-5-3-4-6-18(16)22/h3-10,15H,11-13H2,1-2H3,(H,21,23). The van der Waals surface area contributed by atoms with E-state index in [1.807, 2.05) is 23.1 Å². The second kappa shape index (κ2) is 5.12. The molecule has 1 fully saturated rings. The van der Waals surface area contributed by atoms with Gasteiger partial charge >= 0.3 is 6.03 Å². The van der Waals surface area contributed by atoms with E-state index in [4.69, 9.17) is 0 Å². The van der Waals surface area contributed by atoms with Crippen molar-refractivity contribution in [2.75, 3.05) is 4.90 Å². The van der Waals surface area contributed by atoms with Crippen molar-refractivity contribution in [1.82, 2.24) is 5.32 Å². The van der Waals surface area contributed by atoms with Crippen molar-refractivity contribution in [3.8, 4) is 0 Å². The van der Waals surface area contributed by atoms with Crippen LogP contribution in [0.25, 0.3) is 0 Å². The number of amides is 2. The molecule has 0 spiro atoms. The molecule has 1 heterocycles. The highest BCUT2D eigenvalue weighted by molar-refractivity contribution is 5.95. The normalized spacial score (nSPS) is 21.0. The zero-order valence-electron chi connectivity index (χ0n) is 13.7. The van der Waals surface area contributed by atoms with E-state index in [2.05, 4.69) is 49.5 Å². The third-order valence-corrected chi connectivity index (χ3v) is 5.13. The molecule has 0 aromatic heterocycles. The highest BCUT2D eigenvalue weighted by Gasteiger charge is 2.47. The number of hydrogen-bond donors (Lipinski definition) is 1. The first-order chi connectivity index (χ1) is 11.1. The number of rotatable bonds is 2. The molecule has 0 bridgehead atoms. The molecule has 1 aliphatic carbocycles. The minimum atomic E-state index is -0.165. The number of fused-ring (bicyclic) bond motifs is 1. The molecule has 1 aliphatic heterocycles. The van der Waals surface area contributed by atoms with Crippen molar-refractivity contribution in [2.45, 2.75) is 44.7 Å². The fourth-order valence-corrected chi connectivity index (χ4v) is 3.62. The fourth-order valence-electron chi connectivity index (χ4n) is 3.62. The summed E-state index contributed by atoms with van der Waals surface area (Å²) in [5, 5.41) is 3.30. The summed E-state index contributed by atoms with van der Waals surface area (Å²) < 4.78 is 0. The Balaban J connectivity index is 1.58. The first-order valence-corrected chi connectivity index (χ1v) is 8.35. The zero-order valence-corrected chi connectivity index (χ0v) is 13.7. The van der Waals surface area contributed by atoms with Crippen molar-refractivity contribution in [3.63, 3.8) is 0 Å². The molecule has 3 heteroatoms. The molecule has 0 radical (unpaired) electrons. The highest BCUT2D eigenvalue weighted by Crippen LogP contribution is 2.46. The zero-order chi connectivity index (χ0) is 16.0. The number of aryl methyl sites for hydroxylation is 1. The van der Waals surface area contributed by atoms with Gasteiger partial charge in [0, 0.05) is 11.7 Å². The summed E-state index contributed by atoms with van der Waals surface area (Å²) in [4.78, 5) is 14.8. The van der Waals surface area contributed by atoms with E-state index in [1.165, 1.54) is 16.7 Å². The van der Waals surface area contributed by atoms with Crippen LogP contribution in [0, 0.1) is 6.92 Å². The third-order valence-electron chi connectivity index (χ3n) is 5.13. The van der Waals surface area contributed by atoms with Gasteiger partial charge in [-0.1, -0.05) is 48.0 Å². The summed E-state index contributed by atoms with van der Waals surface area (Å²) >= 11 is 0. The van der Waals surface area contributed by atoms with E-state index in [-0.39, 0.29) is 17.6 Å². The number of benzene rings is 2. The van der Waals surface area contributed by atoms with Crippen molar-refractivity contribution in [1.29, 1.82) is 0 Å². The SMILES string of the molecule is Cc1ccc(C2(NC(=O)N3c4ccccc4CC3C)CC2)cc1. The smallest absolute Gasteiger partial charge is 0.322 e. The van der Waals surface area contributed by atoms with Crippen LogP contribution >= 0.6 is 0 Å². The van der Waals surface area contributed by atoms with E-state index in [0.29, 0.717) is 0 Å². The topological polar surface area (TPSA) is 32.3 Å². The summed E-state index contributed by atoms with van der Waals surface area (Å²) in [6.45, 7) is 4.20. The van der Waals surface area contributed by atoms with Crippen LogP contribution in [-0.4, -0.2) is 12.1 Å². The van der Waals surface area contributed by atoms with Crippen molar-refractivity contribution in [3.05, 3.63) is 65.2 Å². The van der Waals surface area contributed by atoms with Gasteiger partial charge in [0.2, 0.25) is 0 Å². The molecule has 4 rings (SSSR count). The monoisotopic (exact) mass is 306 g/mol. The molecule has 1 N–H and O–H groups in total. The molecule has 1 atom stereocenters. The van der Waals surface area contributed by atoms with Crippen molar-refractivity contribution < 1.29 is 4.79 Å². The maximum Gasteiger partial charge on any atom is 0.322 e. The number of anilines is 1. The summed E-state index contributed by atoms with van der Waals surface area (Å²) in [5.41, 5.74) is 4.62. The summed E-state index contributed by atoms with van der Waals surface area (Å²) in [7, 11) is 0. The van der Waals surface area contributed by atoms with Gasteiger partial charge < -0.3 is 5.32 Å². The Hall–Kier alpha value is -2.29. The fraction of sp³-hybridized carbons (Fsp3) is 0.350. The Morgan fingerprint density at radius 2 is 1.83 bits per heavy atom. The molecule has 1 saturated carbocycles. The Labute approximate surface area is 137 Å². The van der Waals surface area contributed by atoms with Gasteiger partial charge in [0.15, 0.2) is 0 Å². The highest BCUT2D eigenvalue weighted by atomic mass is 16.2. The molecule has 3 nitrogen and oxygen atoms in total. The Bertz CT molecular complexity index is 746.